The number of carbonyl (C=O) groups excluding carboxylic acids is 2. The van der Waals surface area contributed by atoms with Crippen LogP contribution >= 0.6 is 0 Å². The molecule has 1 atom stereocenters. The maximum absolute atomic E-state index is 13.1. The molecule has 3 saturated heterocycles. The van der Waals surface area contributed by atoms with E-state index in [0.717, 1.165) is 50.4 Å². The van der Waals surface area contributed by atoms with Crippen LogP contribution in [0.3, 0.4) is 0 Å². The van der Waals surface area contributed by atoms with Crippen molar-refractivity contribution in [2.75, 3.05) is 85.3 Å². The van der Waals surface area contributed by atoms with Crippen LogP contribution < -0.4 is 9.47 Å². The predicted octanol–water partition coefficient (Wildman–Crippen LogP) is 0.988. The third kappa shape index (κ3) is 5.47. The number of hydrogen-bond acceptors (Lipinski definition) is 7. The Bertz CT molecular complexity index is 867. The highest BCUT2D eigenvalue weighted by molar-refractivity contribution is 5.79. The van der Waals surface area contributed by atoms with Crippen LogP contribution in [0.5, 0.6) is 11.5 Å². The van der Waals surface area contributed by atoms with Gasteiger partial charge in [-0.15, -0.1) is 0 Å². The third-order valence-electron chi connectivity index (χ3n) is 7.31. The fourth-order valence-electron chi connectivity index (χ4n) is 5.31. The van der Waals surface area contributed by atoms with Gasteiger partial charge in [0.2, 0.25) is 11.8 Å². The van der Waals surface area contributed by atoms with E-state index in [2.05, 4.69) is 21.9 Å². The second-order valence-corrected chi connectivity index (χ2v) is 9.54. The van der Waals surface area contributed by atoms with Crippen LogP contribution in [0.1, 0.15) is 30.9 Å². The van der Waals surface area contributed by atoms with Crippen molar-refractivity contribution < 1.29 is 23.8 Å². The molecule has 5 rings (SSSR count). The average Bonchev–Trinajstić information content (AvgIpc) is 3.20. The van der Waals surface area contributed by atoms with Crippen molar-refractivity contribution >= 4 is 11.8 Å². The van der Waals surface area contributed by atoms with E-state index in [1.807, 2.05) is 15.9 Å². The van der Waals surface area contributed by atoms with Gasteiger partial charge in [-0.1, -0.05) is 6.07 Å². The minimum absolute atomic E-state index is 0.165. The Balaban J connectivity index is 1.12. The first-order valence-electron chi connectivity index (χ1n) is 12.7. The molecule has 3 fully saturated rings. The zero-order valence-corrected chi connectivity index (χ0v) is 20.0. The van der Waals surface area contributed by atoms with E-state index in [1.54, 1.807) is 0 Å². The standard InChI is InChI=1S/C25H36N4O5/c30-24(28-11-15-32-16-12-28)18-26-7-9-27(10-8-26)25(31)19-29-6-1-3-21(29)20-4-5-22-23(17-20)34-14-2-13-33-22/h4-5,17,21H,1-3,6-16,18-19H2/t21-/m1/s1. The summed E-state index contributed by atoms with van der Waals surface area (Å²) in [4.78, 5) is 33.9. The van der Waals surface area contributed by atoms with Crippen molar-refractivity contribution in [3.8, 4) is 11.5 Å². The molecule has 9 nitrogen and oxygen atoms in total. The zero-order valence-electron chi connectivity index (χ0n) is 20.0. The van der Waals surface area contributed by atoms with Crippen molar-refractivity contribution in [2.45, 2.75) is 25.3 Å². The first-order chi connectivity index (χ1) is 16.7. The molecule has 2 amide bonds. The van der Waals surface area contributed by atoms with Crippen molar-refractivity contribution in [3.05, 3.63) is 23.8 Å². The normalized spacial score (nSPS) is 24.2. The summed E-state index contributed by atoms with van der Waals surface area (Å²) >= 11 is 0. The van der Waals surface area contributed by atoms with Gasteiger partial charge in [-0.05, 0) is 37.1 Å². The molecule has 0 N–H and O–H groups in total. The monoisotopic (exact) mass is 472 g/mol. The summed E-state index contributed by atoms with van der Waals surface area (Å²) in [5.74, 6) is 1.97. The van der Waals surface area contributed by atoms with Gasteiger partial charge in [-0.3, -0.25) is 19.4 Å². The topological polar surface area (TPSA) is 74.8 Å². The van der Waals surface area contributed by atoms with E-state index in [0.29, 0.717) is 65.7 Å². The number of carbonyl (C=O) groups is 2. The number of hydrogen-bond donors (Lipinski definition) is 0. The molecular formula is C25H36N4O5. The van der Waals surface area contributed by atoms with E-state index in [1.165, 1.54) is 5.56 Å². The number of piperazine rings is 1. The molecule has 0 saturated carbocycles. The molecule has 186 valence electrons. The van der Waals surface area contributed by atoms with Crippen LogP contribution in [0, 0.1) is 0 Å². The van der Waals surface area contributed by atoms with Crippen LogP contribution in [-0.2, 0) is 14.3 Å². The lowest BCUT2D eigenvalue weighted by atomic mass is 10.0. The maximum atomic E-state index is 13.1. The van der Waals surface area contributed by atoms with Crippen LogP contribution in [0.4, 0.5) is 0 Å². The molecule has 0 unspecified atom stereocenters. The number of amides is 2. The maximum Gasteiger partial charge on any atom is 0.236 e. The molecule has 4 heterocycles. The van der Waals surface area contributed by atoms with E-state index < -0.39 is 0 Å². The molecule has 0 aromatic heterocycles. The first kappa shape index (κ1) is 23.4. The van der Waals surface area contributed by atoms with Gasteiger partial charge >= 0.3 is 0 Å². The highest BCUT2D eigenvalue weighted by Crippen LogP contribution is 2.37. The number of nitrogens with zero attached hydrogens (tertiary/aromatic N) is 4. The summed E-state index contributed by atoms with van der Waals surface area (Å²) in [6.07, 6.45) is 3.02. The molecule has 0 aliphatic carbocycles. The molecular weight excluding hydrogens is 436 g/mol. The van der Waals surface area contributed by atoms with Crippen molar-refractivity contribution in [3.63, 3.8) is 0 Å². The second kappa shape index (κ2) is 10.9. The van der Waals surface area contributed by atoms with Gasteiger partial charge in [-0.2, -0.15) is 0 Å². The molecule has 0 spiro atoms. The Morgan fingerprint density at radius 2 is 1.47 bits per heavy atom. The quantitative estimate of drug-likeness (QED) is 0.633. The van der Waals surface area contributed by atoms with Crippen LogP contribution in [0.25, 0.3) is 0 Å². The SMILES string of the molecule is O=C(CN1CCN(C(=O)CN2CCC[C@@H]2c2ccc3c(c2)OCCCO3)CC1)N1CCOCC1. The van der Waals surface area contributed by atoms with Crippen LogP contribution in [0.15, 0.2) is 18.2 Å². The predicted molar refractivity (Wildman–Crippen MR) is 126 cm³/mol. The van der Waals surface area contributed by atoms with Gasteiger partial charge < -0.3 is 24.0 Å². The Labute approximate surface area is 201 Å². The summed E-state index contributed by atoms with van der Waals surface area (Å²) < 4.78 is 17.0. The summed E-state index contributed by atoms with van der Waals surface area (Å²) in [5, 5.41) is 0. The molecule has 4 aliphatic rings. The fraction of sp³-hybridized carbons (Fsp3) is 0.680. The lowest BCUT2D eigenvalue weighted by Crippen LogP contribution is -2.54. The average molecular weight is 473 g/mol. The summed E-state index contributed by atoms with van der Waals surface area (Å²) in [6.45, 7) is 8.60. The van der Waals surface area contributed by atoms with Crippen LogP contribution in [0.2, 0.25) is 0 Å². The van der Waals surface area contributed by atoms with Crippen molar-refractivity contribution in [1.29, 1.82) is 0 Å². The number of morpholine rings is 1. The van der Waals surface area contributed by atoms with Gasteiger partial charge in [-0.25, -0.2) is 0 Å². The van der Waals surface area contributed by atoms with E-state index >= 15 is 0 Å². The number of rotatable bonds is 5. The molecule has 1 aromatic carbocycles. The minimum Gasteiger partial charge on any atom is -0.490 e. The lowest BCUT2D eigenvalue weighted by Gasteiger charge is -2.37. The van der Waals surface area contributed by atoms with E-state index in [9.17, 15) is 9.59 Å². The number of benzene rings is 1. The molecule has 4 aliphatic heterocycles. The molecule has 0 radical (unpaired) electrons. The Morgan fingerprint density at radius 3 is 2.26 bits per heavy atom. The number of ether oxygens (including phenoxy) is 3. The second-order valence-electron chi connectivity index (χ2n) is 9.54. The van der Waals surface area contributed by atoms with Crippen molar-refractivity contribution in [1.82, 2.24) is 19.6 Å². The molecule has 1 aromatic rings. The smallest absolute Gasteiger partial charge is 0.236 e. The Hall–Kier alpha value is -2.36. The Morgan fingerprint density at radius 1 is 0.765 bits per heavy atom. The van der Waals surface area contributed by atoms with Gasteiger partial charge in [0.25, 0.3) is 0 Å². The van der Waals surface area contributed by atoms with Crippen LogP contribution in [-0.4, -0.2) is 117 Å². The number of likely N-dealkylation sites (tertiary alicyclic amines) is 1. The molecule has 9 heteroatoms. The highest BCUT2D eigenvalue weighted by Gasteiger charge is 2.31. The highest BCUT2D eigenvalue weighted by atomic mass is 16.5. The largest absolute Gasteiger partial charge is 0.490 e. The number of fused-ring (bicyclic) bond motifs is 1. The summed E-state index contributed by atoms with van der Waals surface area (Å²) in [6, 6.07) is 6.45. The van der Waals surface area contributed by atoms with Gasteiger partial charge in [0.05, 0.1) is 39.5 Å². The van der Waals surface area contributed by atoms with Gasteiger partial charge in [0.15, 0.2) is 11.5 Å². The first-order valence-corrected chi connectivity index (χ1v) is 12.7. The van der Waals surface area contributed by atoms with Gasteiger partial charge in [0, 0.05) is 51.7 Å². The summed E-state index contributed by atoms with van der Waals surface area (Å²) in [5.41, 5.74) is 1.20. The Kier molecular flexibility index (Phi) is 7.51. The third-order valence-corrected chi connectivity index (χ3v) is 7.31. The van der Waals surface area contributed by atoms with E-state index in [4.69, 9.17) is 14.2 Å². The van der Waals surface area contributed by atoms with E-state index in [-0.39, 0.29) is 17.9 Å². The minimum atomic E-state index is 0.165. The fourth-order valence-corrected chi connectivity index (χ4v) is 5.31. The zero-order chi connectivity index (χ0) is 23.3. The van der Waals surface area contributed by atoms with Crippen molar-refractivity contribution in [2.24, 2.45) is 0 Å². The molecule has 34 heavy (non-hydrogen) atoms. The van der Waals surface area contributed by atoms with Gasteiger partial charge in [0.1, 0.15) is 0 Å². The summed E-state index contributed by atoms with van der Waals surface area (Å²) in [7, 11) is 0. The molecule has 0 bridgehead atoms. The lowest BCUT2D eigenvalue weighted by molar-refractivity contribution is -0.138.